The van der Waals surface area contributed by atoms with Crippen LogP contribution in [0.3, 0.4) is 0 Å². The maximum absolute atomic E-state index is 4.78. The predicted octanol–water partition coefficient (Wildman–Crippen LogP) is 4.25. The molecule has 0 amide bonds. The summed E-state index contributed by atoms with van der Waals surface area (Å²) < 4.78 is 0. The van der Waals surface area contributed by atoms with Gasteiger partial charge in [0.25, 0.3) is 0 Å². The molecule has 2 heteroatoms. The van der Waals surface area contributed by atoms with Crippen LogP contribution < -0.4 is 0 Å². The zero-order valence-electron chi connectivity index (χ0n) is 10.7. The molecule has 0 spiro atoms. The lowest BCUT2D eigenvalue weighted by molar-refractivity contribution is 0.193. The summed E-state index contributed by atoms with van der Waals surface area (Å²) in [6, 6.07) is 8.32. The predicted molar refractivity (Wildman–Crippen MR) is 71.1 cm³/mol. The summed E-state index contributed by atoms with van der Waals surface area (Å²) >= 11 is 0. The first kappa shape index (κ1) is 10.8. The SMILES string of the molecule is CC1(C)CCCCC1c1nc2ccccc2[nH]1. The van der Waals surface area contributed by atoms with Crippen molar-refractivity contribution in [2.75, 3.05) is 0 Å². The van der Waals surface area contributed by atoms with Crippen LogP contribution >= 0.6 is 0 Å². The first-order chi connectivity index (χ1) is 8.17. The van der Waals surface area contributed by atoms with Crippen molar-refractivity contribution in [2.45, 2.75) is 45.4 Å². The number of imidazole rings is 1. The average Bonchev–Trinajstić information content (AvgIpc) is 2.71. The van der Waals surface area contributed by atoms with Crippen molar-refractivity contribution < 1.29 is 0 Å². The Morgan fingerprint density at radius 3 is 2.82 bits per heavy atom. The van der Waals surface area contributed by atoms with Crippen LogP contribution in [0, 0.1) is 5.41 Å². The first-order valence-electron chi connectivity index (χ1n) is 6.61. The normalized spacial score (nSPS) is 24.0. The summed E-state index contributed by atoms with van der Waals surface area (Å²) in [4.78, 5) is 8.29. The highest BCUT2D eigenvalue weighted by Gasteiger charge is 2.35. The van der Waals surface area contributed by atoms with Crippen molar-refractivity contribution in [2.24, 2.45) is 5.41 Å². The van der Waals surface area contributed by atoms with E-state index in [1.54, 1.807) is 0 Å². The molecular formula is C15H20N2. The van der Waals surface area contributed by atoms with Gasteiger partial charge in [-0.1, -0.05) is 38.8 Å². The molecule has 1 aromatic carbocycles. The molecule has 1 heterocycles. The van der Waals surface area contributed by atoms with E-state index in [1.165, 1.54) is 37.0 Å². The molecule has 1 N–H and O–H groups in total. The van der Waals surface area contributed by atoms with E-state index < -0.39 is 0 Å². The highest BCUT2D eigenvalue weighted by molar-refractivity contribution is 5.74. The quantitative estimate of drug-likeness (QED) is 0.776. The Morgan fingerprint density at radius 1 is 1.24 bits per heavy atom. The van der Waals surface area contributed by atoms with E-state index in [0.717, 1.165) is 5.52 Å². The molecule has 1 unspecified atom stereocenters. The van der Waals surface area contributed by atoms with E-state index in [0.29, 0.717) is 11.3 Å². The summed E-state index contributed by atoms with van der Waals surface area (Å²) in [5.41, 5.74) is 2.65. The van der Waals surface area contributed by atoms with Gasteiger partial charge in [0.15, 0.2) is 0 Å². The standard InChI is InChI=1S/C15H20N2/c1-15(2)10-6-5-7-11(15)14-16-12-8-3-4-9-13(12)17-14/h3-4,8-9,11H,5-7,10H2,1-2H3,(H,16,17). The van der Waals surface area contributed by atoms with Gasteiger partial charge < -0.3 is 4.98 Å². The maximum Gasteiger partial charge on any atom is 0.110 e. The van der Waals surface area contributed by atoms with Crippen LogP contribution in [0.1, 0.15) is 51.3 Å². The highest BCUT2D eigenvalue weighted by Crippen LogP contribution is 2.45. The number of para-hydroxylation sites is 2. The van der Waals surface area contributed by atoms with Gasteiger partial charge in [0.2, 0.25) is 0 Å². The molecule has 17 heavy (non-hydrogen) atoms. The fourth-order valence-corrected chi connectivity index (χ4v) is 3.14. The molecular weight excluding hydrogens is 208 g/mol. The maximum atomic E-state index is 4.78. The van der Waals surface area contributed by atoms with E-state index >= 15 is 0 Å². The Morgan fingerprint density at radius 2 is 2.06 bits per heavy atom. The molecule has 1 aliphatic carbocycles. The Kier molecular flexibility index (Phi) is 2.46. The zero-order valence-corrected chi connectivity index (χ0v) is 10.7. The van der Waals surface area contributed by atoms with Crippen molar-refractivity contribution >= 4 is 11.0 Å². The summed E-state index contributed by atoms with van der Waals surface area (Å²) in [7, 11) is 0. The number of fused-ring (bicyclic) bond motifs is 1. The molecule has 90 valence electrons. The minimum Gasteiger partial charge on any atom is -0.342 e. The topological polar surface area (TPSA) is 28.7 Å². The average molecular weight is 228 g/mol. The van der Waals surface area contributed by atoms with Gasteiger partial charge in [-0.25, -0.2) is 4.98 Å². The van der Waals surface area contributed by atoms with Crippen molar-refractivity contribution in [1.82, 2.24) is 9.97 Å². The number of nitrogens with zero attached hydrogens (tertiary/aromatic N) is 1. The third-order valence-electron chi connectivity index (χ3n) is 4.24. The van der Waals surface area contributed by atoms with Crippen LogP contribution in [-0.4, -0.2) is 9.97 Å². The van der Waals surface area contributed by atoms with Crippen LogP contribution in [0.5, 0.6) is 0 Å². The Hall–Kier alpha value is -1.31. The van der Waals surface area contributed by atoms with Gasteiger partial charge in [0.05, 0.1) is 11.0 Å². The smallest absolute Gasteiger partial charge is 0.110 e. The van der Waals surface area contributed by atoms with Gasteiger partial charge >= 0.3 is 0 Å². The van der Waals surface area contributed by atoms with Crippen molar-refractivity contribution in [3.05, 3.63) is 30.1 Å². The molecule has 1 aromatic heterocycles. The van der Waals surface area contributed by atoms with Crippen LogP contribution in [0.15, 0.2) is 24.3 Å². The molecule has 1 saturated carbocycles. The Balaban J connectivity index is 2.02. The van der Waals surface area contributed by atoms with Gasteiger partial charge in [0.1, 0.15) is 5.82 Å². The molecule has 0 saturated heterocycles. The molecule has 0 bridgehead atoms. The van der Waals surface area contributed by atoms with Crippen LogP contribution in [-0.2, 0) is 0 Å². The van der Waals surface area contributed by atoms with Crippen LogP contribution in [0.2, 0.25) is 0 Å². The highest BCUT2D eigenvalue weighted by atomic mass is 14.9. The molecule has 2 nitrogen and oxygen atoms in total. The number of rotatable bonds is 1. The molecule has 1 fully saturated rings. The summed E-state index contributed by atoms with van der Waals surface area (Å²) in [5, 5.41) is 0. The first-order valence-corrected chi connectivity index (χ1v) is 6.61. The van der Waals surface area contributed by atoms with Gasteiger partial charge in [-0.2, -0.15) is 0 Å². The monoisotopic (exact) mass is 228 g/mol. The van der Waals surface area contributed by atoms with Crippen LogP contribution in [0.4, 0.5) is 0 Å². The number of aromatic nitrogens is 2. The van der Waals surface area contributed by atoms with E-state index in [-0.39, 0.29) is 0 Å². The van der Waals surface area contributed by atoms with E-state index in [2.05, 4.69) is 43.1 Å². The van der Waals surface area contributed by atoms with Gasteiger partial charge in [-0.3, -0.25) is 0 Å². The second-order valence-corrected chi connectivity index (χ2v) is 5.93. The lowest BCUT2D eigenvalue weighted by Crippen LogP contribution is -2.26. The molecule has 0 radical (unpaired) electrons. The number of hydrogen-bond donors (Lipinski definition) is 1. The molecule has 2 aromatic rings. The molecule has 1 aliphatic rings. The number of aromatic amines is 1. The molecule has 1 atom stereocenters. The van der Waals surface area contributed by atoms with Crippen molar-refractivity contribution in [3.8, 4) is 0 Å². The second-order valence-electron chi connectivity index (χ2n) is 5.93. The fraction of sp³-hybridized carbons (Fsp3) is 0.533. The van der Waals surface area contributed by atoms with Gasteiger partial charge in [-0.15, -0.1) is 0 Å². The summed E-state index contributed by atoms with van der Waals surface area (Å²) in [5.74, 6) is 1.78. The van der Waals surface area contributed by atoms with E-state index in [1.807, 2.05) is 0 Å². The minimum atomic E-state index is 0.381. The fourth-order valence-electron chi connectivity index (χ4n) is 3.14. The van der Waals surface area contributed by atoms with E-state index in [9.17, 15) is 0 Å². The minimum absolute atomic E-state index is 0.381. The summed E-state index contributed by atoms with van der Waals surface area (Å²) in [6.07, 6.45) is 5.29. The lowest BCUT2D eigenvalue weighted by Gasteiger charge is -2.37. The number of benzene rings is 1. The largest absolute Gasteiger partial charge is 0.342 e. The summed E-state index contributed by atoms with van der Waals surface area (Å²) in [6.45, 7) is 4.76. The molecule has 0 aliphatic heterocycles. The van der Waals surface area contributed by atoms with Gasteiger partial charge in [0, 0.05) is 5.92 Å². The Labute approximate surface area is 102 Å². The third kappa shape index (κ3) is 1.86. The van der Waals surface area contributed by atoms with Crippen molar-refractivity contribution in [3.63, 3.8) is 0 Å². The number of hydrogen-bond acceptors (Lipinski definition) is 1. The van der Waals surface area contributed by atoms with Crippen molar-refractivity contribution in [1.29, 1.82) is 0 Å². The van der Waals surface area contributed by atoms with Gasteiger partial charge in [-0.05, 0) is 30.4 Å². The van der Waals surface area contributed by atoms with Crippen LogP contribution in [0.25, 0.3) is 11.0 Å². The lowest BCUT2D eigenvalue weighted by atomic mass is 9.68. The number of nitrogens with one attached hydrogen (secondary N) is 1. The van der Waals surface area contributed by atoms with E-state index in [4.69, 9.17) is 4.98 Å². The molecule has 3 rings (SSSR count). The third-order valence-corrected chi connectivity index (χ3v) is 4.24. The Bertz CT molecular complexity index is 491. The zero-order chi connectivity index (χ0) is 11.9. The number of H-pyrrole nitrogens is 1. The second kappa shape index (κ2) is 3.86.